The quantitative estimate of drug-likeness (QED) is 0.566. The Bertz CT molecular complexity index is 172. The summed E-state index contributed by atoms with van der Waals surface area (Å²) in [7, 11) is 0. The van der Waals surface area contributed by atoms with Gasteiger partial charge in [-0.15, -0.1) is 0 Å². The molecule has 0 aliphatic carbocycles. The minimum Gasteiger partial charge on any atom is -0.368 e. The van der Waals surface area contributed by atoms with Crippen LogP contribution in [-0.2, 0) is 4.79 Å². The van der Waals surface area contributed by atoms with Crippen molar-refractivity contribution in [3.8, 4) is 0 Å². The summed E-state index contributed by atoms with van der Waals surface area (Å²) in [4.78, 5) is 10.9. The number of thiol groups is 1. The molecule has 0 aromatic rings. The molecule has 0 rings (SSSR count). The molecule has 0 saturated carbocycles. The standard InChI is InChI=1S/C8H18N2OS/c1-4-8(12,5(2)3)6(9)7(10)11/h5-6,12H,4,9H2,1-3H3,(H2,10,11). The lowest BCUT2D eigenvalue weighted by Crippen LogP contribution is -2.54. The molecular formula is C8H18N2OS. The Hall–Kier alpha value is -0.220. The second-order valence-electron chi connectivity index (χ2n) is 3.38. The lowest BCUT2D eigenvalue weighted by molar-refractivity contribution is -0.120. The highest BCUT2D eigenvalue weighted by Crippen LogP contribution is 2.31. The van der Waals surface area contributed by atoms with Crippen molar-refractivity contribution < 1.29 is 4.79 Å². The van der Waals surface area contributed by atoms with Crippen LogP contribution in [0, 0.1) is 5.92 Å². The zero-order chi connectivity index (χ0) is 9.94. The first-order chi connectivity index (χ1) is 5.36. The highest BCUT2D eigenvalue weighted by Gasteiger charge is 2.37. The van der Waals surface area contributed by atoms with Crippen LogP contribution in [0.1, 0.15) is 27.2 Å². The normalized spacial score (nSPS) is 18.8. The summed E-state index contributed by atoms with van der Waals surface area (Å²) >= 11 is 4.42. The van der Waals surface area contributed by atoms with E-state index in [1.807, 2.05) is 20.8 Å². The fraction of sp³-hybridized carbons (Fsp3) is 0.875. The Labute approximate surface area is 79.3 Å². The van der Waals surface area contributed by atoms with Crippen molar-refractivity contribution in [3.05, 3.63) is 0 Å². The van der Waals surface area contributed by atoms with Gasteiger partial charge in [-0.25, -0.2) is 0 Å². The monoisotopic (exact) mass is 190 g/mol. The fourth-order valence-corrected chi connectivity index (χ4v) is 1.36. The smallest absolute Gasteiger partial charge is 0.235 e. The molecule has 4 N–H and O–H groups in total. The van der Waals surface area contributed by atoms with Crippen LogP contribution in [0.5, 0.6) is 0 Å². The third kappa shape index (κ3) is 2.14. The second-order valence-corrected chi connectivity index (χ2v) is 4.21. The van der Waals surface area contributed by atoms with Crippen molar-refractivity contribution in [1.29, 1.82) is 0 Å². The topological polar surface area (TPSA) is 69.1 Å². The van der Waals surface area contributed by atoms with Gasteiger partial charge in [0.15, 0.2) is 0 Å². The zero-order valence-electron chi connectivity index (χ0n) is 7.87. The van der Waals surface area contributed by atoms with Crippen LogP contribution >= 0.6 is 12.6 Å². The molecule has 3 nitrogen and oxygen atoms in total. The molecule has 0 aromatic carbocycles. The summed E-state index contributed by atoms with van der Waals surface area (Å²) < 4.78 is -0.480. The van der Waals surface area contributed by atoms with Crippen LogP contribution in [0.15, 0.2) is 0 Å². The zero-order valence-corrected chi connectivity index (χ0v) is 8.77. The van der Waals surface area contributed by atoms with Gasteiger partial charge in [0.2, 0.25) is 5.91 Å². The Balaban J connectivity index is 4.62. The van der Waals surface area contributed by atoms with Crippen LogP contribution in [-0.4, -0.2) is 16.7 Å². The minimum atomic E-state index is -0.675. The Morgan fingerprint density at radius 3 is 2.08 bits per heavy atom. The Morgan fingerprint density at radius 1 is 1.58 bits per heavy atom. The number of hydrogen-bond donors (Lipinski definition) is 3. The van der Waals surface area contributed by atoms with Crippen LogP contribution in [0.2, 0.25) is 0 Å². The Morgan fingerprint density at radius 2 is 2.00 bits per heavy atom. The van der Waals surface area contributed by atoms with E-state index in [0.29, 0.717) is 0 Å². The first-order valence-electron chi connectivity index (χ1n) is 4.13. The van der Waals surface area contributed by atoms with Crippen LogP contribution < -0.4 is 11.5 Å². The van der Waals surface area contributed by atoms with Gasteiger partial charge in [0.05, 0.1) is 6.04 Å². The summed E-state index contributed by atoms with van der Waals surface area (Å²) in [5.41, 5.74) is 10.8. The molecule has 12 heavy (non-hydrogen) atoms. The van der Waals surface area contributed by atoms with E-state index in [1.165, 1.54) is 0 Å². The highest BCUT2D eigenvalue weighted by atomic mass is 32.1. The molecule has 2 atom stereocenters. The third-order valence-corrected chi connectivity index (χ3v) is 3.52. The van der Waals surface area contributed by atoms with Gasteiger partial charge in [-0.2, -0.15) is 12.6 Å². The highest BCUT2D eigenvalue weighted by molar-refractivity contribution is 7.82. The number of primary amides is 1. The molecule has 2 unspecified atom stereocenters. The molecule has 0 aromatic heterocycles. The number of carbonyl (C=O) groups excluding carboxylic acids is 1. The largest absolute Gasteiger partial charge is 0.368 e. The van der Waals surface area contributed by atoms with Crippen molar-refractivity contribution in [2.75, 3.05) is 0 Å². The number of hydrogen-bond acceptors (Lipinski definition) is 3. The minimum absolute atomic E-state index is 0.230. The average Bonchev–Trinajstić information content (AvgIpc) is 2.01. The average molecular weight is 190 g/mol. The molecule has 0 aliphatic rings. The number of amides is 1. The second kappa shape index (κ2) is 4.14. The molecule has 0 radical (unpaired) electrons. The van der Waals surface area contributed by atoms with E-state index in [-0.39, 0.29) is 5.92 Å². The fourth-order valence-electron chi connectivity index (χ4n) is 1.23. The number of nitrogens with two attached hydrogens (primary N) is 2. The van der Waals surface area contributed by atoms with E-state index in [4.69, 9.17) is 11.5 Å². The maximum Gasteiger partial charge on any atom is 0.235 e. The third-order valence-electron chi connectivity index (χ3n) is 2.41. The summed E-state index contributed by atoms with van der Waals surface area (Å²) in [5.74, 6) is -0.256. The Kier molecular flexibility index (Phi) is 4.06. The van der Waals surface area contributed by atoms with Gasteiger partial charge in [-0.05, 0) is 12.3 Å². The maximum absolute atomic E-state index is 10.9. The molecule has 0 saturated heterocycles. The number of rotatable bonds is 4. The summed E-state index contributed by atoms with van der Waals surface area (Å²) in [6.07, 6.45) is 0.734. The summed E-state index contributed by atoms with van der Waals surface area (Å²) in [6, 6.07) is -0.675. The van der Waals surface area contributed by atoms with E-state index < -0.39 is 16.7 Å². The lowest BCUT2D eigenvalue weighted by Gasteiger charge is -2.35. The van der Waals surface area contributed by atoms with Crippen LogP contribution in [0.4, 0.5) is 0 Å². The van der Waals surface area contributed by atoms with E-state index in [1.54, 1.807) is 0 Å². The molecule has 4 heteroatoms. The van der Waals surface area contributed by atoms with E-state index in [0.717, 1.165) is 6.42 Å². The SMILES string of the molecule is CCC(S)(C(C)C)C(N)C(N)=O. The van der Waals surface area contributed by atoms with Crippen molar-refractivity contribution in [2.45, 2.75) is 38.0 Å². The molecule has 72 valence electrons. The summed E-state index contributed by atoms with van der Waals surface area (Å²) in [5, 5.41) is 0. The van der Waals surface area contributed by atoms with Gasteiger partial charge in [0.25, 0.3) is 0 Å². The number of carbonyl (C=O) groups is 1. The van der Waals surface area contributed by atoms with E-state index in [2.05, 4.69) is 12.6 Å². The van der Waals surface area contributed by atoms with Crippen molar-refractivity contribution >= 4 is 18.5 Å². The van der Waals surface area contributed by atoms with Gasteiger partial charge in [-0.3, -0.25) is 4.79 Å². The van der Waals surface area contributed by atoms with Crippen molar-refractivity contribution in [3.63, 3.8) is 0 Å². The molecule has 1 amide bonds. The molecule has 0 aliphatic heterocycles. The van der Waals surface area contributed by atoms with E-state index >= 15 is 0 Å². The lowest BCUT2D eigenvalue weighted by atomic mass is 9.85. The first kappa shape index (κ1) is 11.8. The summed E-state index contributed by atoms with van der Waals surface area (Å²) in [6.45, 7) is 5.92. The van der Waals surface area contributed by atoms with Gasteiger partial charge in [-0.1, -0.05) is 20.8 Å². The maximum atomic E-state index is 10.9. The van der Waals surface area contributed by atoms with Crippen LogP contribution in [0.3, 0.4) is 0 Å². The van der Waals surface area contributed by atoms with Gasteiger partial charge < -0.3 is 11.5 Å². The van der Waals surface area contributed by atoms with Gasteiger partial charge >= 0.3 is 0 Å². The van der Waals surface area contributed by atoms with E-state index in [9.17, 15) is 4.79 Å². The molecule has 0 bridgehead atoms. The first-order valence-corrected chi connectivity index (χ1v) is 4.58. The van der Waals surface area contributed by atoms with Crippen molar-refractivity contribution in [2.24, 2.45) is 17.4 Å². The van der Waals surface area contributed by atoms with Gasteiger partial charge in [0.1, 0.15) is 0 Å². The molecule has 0 spiro atoms. The molecule has 0 heterocycles. The van der Waals surface area contributed by atoms with Gasteiger partial charge in [0, 0.05) is 4.75 Å². The molecular weight excluding hydrogens is 172 g/mol. The molecule has 0 fully saturated rings. The van der Waals surface area contributed by atoms with Crippen LogP contribution in [0.25, 0.3) is 0 Å². The van der Waals surface area contributed by atoms with Crippen molar-refractivity contribution in [1.82, 2.24) is 0 Å². The predicted octanol–water partition coefficient (Wildman–Crippen LogP) is 0.534. The predicted molar refractivity (Wildman–Crippen MR) is 54.0 cm³/mol.